The average molecular weight is 553 g/mol. The van der Waals surface area contributed by atoms with Gasteiger partial charge in [-0.1, -0.05) is 80.0 Å². The predicted molar refractivity (Wildman–Crippen MR) is 162 cm³/mol. The molecule has 3 heteroatoms. The zero-order valence-electron chi connectivity index (χ0n) is 23.9. The van der Waals surface area contributed by atoms with Gasteiger partial charge in [0.2, 0.25) is 0 Å². The molecule has 8 atom stereocenters. The Kier molecular flexibility index (Phi) is 6.50. The minimum atomic E-state index is -0.203. The summed E-state index contributed by atoms with van der Waals surface area (Å²) in [6.45, 7) is 5.19. The lowest BCUT2D eigenvalue weighted by atomic mass is 9.44. The normalized spacial score (nSPS) is 39.1. The standard InChI is InChI=1S/C37H41ClO2/c1-36-16-15-31-29(32(36)19-27(22-36)25-10-8-24(9-11-25)23-6-4-3-5-7-23)13-12-28-18-26(14-17-37(28,31)2)30-20-35(40)33(38)21-34(30)39/h3-11,20-21,26-29,31-32H,12-19,22H2,1-2H3/t26?,27?,28-,29+,31-,32-,36+,37-/m0/s1. The maximum Gasteiger partial charge on any atom is 0.197 e. The lowest BCUT2D eigenvalue weighted by molar-refractivity contribution is -0.118. The number of carbonyl (C=O) groups excluding carboxylic acids is 2. The van der Waals surface area contributed by atoms with E-state index >= 15 is 0 Å². The second-order valence-corrected chi connectivity index (χ2v) is 14.7. The quantitative estimate of drug-likeness (QED) is 0.355. The van der Waals surface area contributed by atoms with E-state index in [0.29, 0.717) is 28.2 Å². The molecule has 4 saturated carbocycles. The summed E-state index contributed by atoms with van der Waals surface area (Å²) in [5, 5.41) is 0.0576. The van der Waals surface area contributed by atoms with Crippen LogP contribution in [-0.2, 0) is 9.59 Å². The second-order valence-electron chi connectivity index (χ2n) is 14.3. The van der Waals surface area contributed by atoms with E-state index in [-0.39, 0.29) is 22.5 Å². The number of benzene rings is 2. The molecule has 0 amide bonds. The molecule has 4 fully saturated rings. The fraction of sp³-hybridized carbons (Fsp3) is 0.514. The fourth-order valence-electron chi connectivity index (χ4n) is 10.3. The third-order valence-electron chi connectivity index (χ3n) is 12.4. The number of rotatable bonds is 3. The van der Waals surface area contributed by atoms with Gasteiger partial charge >= 0.3 is 0 Å². The van der Waals surface area contributed by atoms with Crippen molar-refractivity contribution >= 4 is 23.2 Å². The first-order valence-electron chi connectivity index (χ1n) is 15.6. The Hall–Kier alpha value is -2.45. The molecule has 7 rings (SSSR count). The minimum Gasteiger partial charge on any atom is -0.290 e. The predicted octanol–water partition coefficient (Wildman–Crippen LogP) is 9.30. The average Bonchev–Trinajstić information content (AvgIpc) is 3.33. The Labute approximate surface area is 244 Å². The number of fused-ring (bicyclic) bond motifs is 5. The van der Waals surface area contributed by atoms with Crippen molar-refractivity contribution in [2.45, 2.75) is 77.6 Å². The molecule has 2 nitrogen and oxygen atoms in total. The summed E-state index contributed by atoms with van der Waals surface area (Å²) in [6, 6.07) is 20.2. The summed E-state index contributed by atoms with van der Waals surface area (Å²) in [4.78, 5) is 25.0. The number of hydrogen-bond donors (Lipinski definition) is 0. The van der Waals surface area contributed by atoms with Crippen LogP contribution >= 0.6 is 11.6 Å². The topological polar surface area (TPSA) is 34.1 Å². The number of allylic oxidation sites excluding steroid dienone is 4. The lowest BCUT2D eigenvalue weighted by Gasteiger charge is -2.60. The van der Waals surface area contributed by atoms with Crippen LogP contribution in [0.5, 0.6) is 0 Å². The van der Waals surface area contributed by atoms with Gasteiger partial charge in [0.15, 0.2) is 11.6 Å². The van der Waals surface area contributed by atoms with Gasteiger partial charge < -0.3 is 0 Å². The summed E-state index contributed by atoms with van der Waals surface area (Å²) < 4.78 is 0. The van der Waals surface area contributed by atoms with Crippen molar-refractivity contribution in [3.63, 3.8) is 0 Å². The smallest absolute Gasteiger partial charge is 0.197 e. The number of hydrogen-bond acceptors (Lipinski definition) is 2. The molecule has 0 heterocycles. The molecule has 2 unspecified atom stereocenters. The molecule has 40 heavy (non-hydrogen) atoms. The van der Waals surface area contributed by atoms with Crippen LogP contribution < -0.4 is 0 Å². The van der Waals surface area contributed by atoms with Crippen LogP contribution in [0.4, 0.5) is 0 Å². The van der Waals surface area contributed by atoms with Crippen LogP contribution in [0.25, 0.3) is 11.1 Å². The summed E-state index contributed by atoms with van der Waals surface area (Å²) >= 11 is 5.96. The zero-order chi connectivity index (χ0) is 27.6. The van der Waals surface area contributed by atoms with Crippen molar-refractivity contribution in [2.24, 2.45) is 40.4 Å². The fourth-order valence-corrected chi connectivity index (χ4v) is 10.5. The molecular formula is C37H41ClO2. The molecule has 0 saturated heterocycles. The molecule has 2 aromatic carbocycles. The van der Waals surface area contributed by atoms with E-state index in [4.69, 9.17) is 11.6 Å². The Balaban J connectivity index is 1.07. The SMILES string of the molecule is C[C@]12CC[C@H]3[C@@H](CC[C@H]4CC(C5=CC(=O)C(Cl)=CC5=O)CC[C@@]43C)[C@@H]1CC(c1ccc(-c3ccccc3)cc1)C2. The van der Waals surface area contributed by atoms with Crippen LogP contribution in [0.2, 0.25) is 0 Å². The summed E-state index contributed by atoms with van der Waals surface area (Å²) in [6.07, 6.45) is 14.1. The third kappa shape index (κ3) is 4.28. The van der Waals surface area contributed by atoms with Crippen molar-refractivity contribution < 1.29 is 9.59 Å². The first kappa shape index (κ1) is 26.4. The molecule has 208 valence electrons. The molecule has 5 aliphatic carbocycles. The molecule has 5 aliphatic rings. The van der Waals surface area contributed by atoms with Gasteiger partial charge in [-0.15, -0.1) is 0 Å². The zero-order valence-corrected chi connectivity index (χ0v) is 24.6. The summed E-state index contributed by atoms with van der Waals surface area (Å²) in [5.41, 5.74) is 5.65. The molecule has 0 N–H and O–H groups in total. The summed E-state index contributed by atoms with van der Waals surface area (Å²) in [7, 11) is 0. The largest absolute Gasteiger partial charge is 0.290 e. The molecule has 0 aliphatic heterocycles. The van der Waals surface area contributed by atoms with Crippen molar-refractivity contribution in [1.82, 2.24) is 0 Å². The summed E-state index contributed by atoms with van der Waals surface area (Å²) in [5.74, 6) is 3.69. The van der Waals surface area contributed by atoms with Crippen LogP contribution in [0.15, 0.2) is 77.4 Å². The van der Waals surface area contributed by atoms with Crippen molar-refractivity contribution in [3.05, 3.63) is 82.9 Å². The second kappa shape index (κ2) is 9.83. The van der Waals surface area contributed by atoms with Gasteiger partial charge in [0, 0.05) is 11.6 Å². The molecule has 0 aromatic heterocycles. The molecule has 2 aromatic rings. The van der Waals surface area contributed by atoms with E-state index < -0.39 is 0 Å². The number of ketones is 2. The van der Waals surface area contributed by atoms with Gasteiger partial charge in [-0.2, -0.15) is 0 Å². The van der Waals surface area contributed by atoms with Gasteiger partial charge in [-0.3, -0.25) is 9.59 Å². The Morgan fingerprint density at radius 1 is 0.725 bits per heavy atom. The van der Waals surface area contributed by atoms with E-state index in [9.17, 15) is 9.59 Å². The Morgan fingerprint density at radius 3 is 2.25 bits per heavy atom. The van der Waals surface area contributed by atoms with Crippen LogP contribution in [0, 0.1) is 40.4 Å². The number of carbonyl (C=O) groups is 2. The van der Waals surface area contributed by atoms with Gasteiger partial charge in [-0.25, -0.2) is 0 Å². The van der Waals surface area contributed by atoms with Crippen LogP contribution in [0.1, 0.15) is 83.1 Å². The molecule has 0 spiro atoms. The van der Waals surface area contributed by atoms with E-state index in [1.54, 1.807) is 6.08 Å². The first-order chi connectivity index (χ1) is 19.2. The monoisotopic (exact) mass is 552 g/mol. The highest BCUT2D eigenvalue weighted by atomic mass is 35.5. The maximum absolute atomic E-state index is 12.7. The molecule has 0 radical (unpaired) electrons. The van der Waals surface area contributed by atoms with E-state index in [2.05, 4.69) is 68.4 Å². The van der Waals surface area contributed by atoms with Crippen molar-refractivity contribution in [1.29, 1.82) is 0 Å². The van der Waals surface area contributed by atoms with Crippen molar-refractivity contribution in [2.75, 3.05) is 0 Å². The molecule has 0 bridgehead atoms. The lowest BCUT2D eigenvalue weighted by Crippen LogP contribution is -2.52. The highest BCUT2D eigenvalue weighted by Gasteiger charge is 2.59. The van der Waals surface area contributed by atoms with Gasteiger partial charge in [0.05, 0.1) is 5.03 Å². The van der Waals surface area contributed by atoms with Gasteiger partial charge in [0.25, 0.3) is 0 Å². The Morgan fingerprint density at radius 2 is 1.48 bits per heavy atom. The van der Waals surface area contributed by atoms with Crippen LogP contribution in [0.3, 0.4) is 0 Å². The first-order valence-corrected chi connectivity index (χ1v) is 16.0. The minimum absolute atomic E-state index is 0.0471. The highest BCUT2D eigenvalue weighted by Crippen LogP contribution is 2.68. The molecular weight excluding hydrogens is 512 g/mol. The van der Waals surface area contributed by atoms with E-state index in [1.165, 1.54) is 67.7 Å². The van der Waals surface area contributed by atoms with E-state index in [0.717, 1.165) is 30.6 Å². The van der Waals surface area contributed by atoms with Crippen molar-refractivity contribution in [3.8, 4) is 11.1 Å². The van der Waals surface area contributed by atoms with E-state index in [1.807, 2.05) is 0 Å². The third-order valence-corrected chi connectivity index (χ3v) is 12.7. The van der Waals surface area contributed by atoms with Gasteiger partial charge in [0.1, 0.15) is 0 Å². The number of halogens is 1. The van der Waals surface area contributed by atoms with Crippen LogP contribution in [-0.4, -0.2) is 11.6 Å². The Bertz CT molecular complexity index is 1390. The maximum atomic E-state index is 12.7. The highest BCUT2D eigenvalue weighted by molar-refractivity contribution is 6.47. The van der Waals surface area contributed by atoms with Gasteiger partial charge in [-0.05, 0) is 127 Å².